The number of piperazine rings is 1. The lowest BCUT2D eigenvalue weighted by Crippen LogP contribution is -3.15. The number of rotatable bonds is 7. The molecular formula is C21H27N4O4+. The van der Waals surface area contributed by atoms with E-state index in [1.54, 1.807) is 24.1 Å². The number of nitrogens with zero attached hydrogens (tertiary/aromatic N) is 3. The molecule has 1 saturated heterocycles. The van der Waals surface area contributed by atoms with Gasteiger partial charge in [0, 0.05) is 31.4 Å². The number of ether oxygens (including phenoxy) is 1. The minimum Gasteiger partial charge on any atom is -0.497 e. The summed E-state index contributed by atoms with van der Waals surface area (Å²) in [7, 11) is 3.46. The summed E-state index contributed by atoms with van der Waals surface area (Å²) in [5, 5.41) is 10.8. The van der Waals surface area contributed by atoms with E-state index in [1.165, 1.54) is 17.0 Å². The summed E-state index contributed by atoms with van der Waals surface area (Å²) < 4.78 is 5.24. The van der Waals surface area contributed by atoms with Crippen LogP contribution >= 0.6 is 0 Å². The van der Waals surface area contributed by atoms with Crippen LogP contribution in [0.5, 0.6) is 5.75 Å². The Balaban J connectivity index is 1.48. The third-order valence-electron chi connectivity index (χ3n) is 5.28. The van der Waals surface area contributed by atoms with E-state index in [-0.39, 0.29) is 16.5 Å². The monoisotopic (exact) mass is 399 g/mol. The molecule has 29 heavy (non-hydrogen) atoms. The topological polar surface area (TPSA) is 80.4 Å². The molecule has 8 heteroatoms. The van der Waals surface area contributed by atoms with Gasteiger partial charge in [-0.3, -0.25) is 14.9 Å². The summed E-state index contributed by atoms with van der Waals surface area (Å²) in [5.41, 5.74) is 2.12. The molecule has 0 atom stereocenters. The summed E-state index contributed by atoms with van der Waals surface area (Å²) in [4.78, 5) is 28.2. The molecule has 1 amide bonds. The van der Waals surface area contributed by atoms with Gasteiger partial charge in [0.05, 0.1) is 38.2 Å². The molecule has 0 aliphatic carbocycles. The summed E-state index contributed by atoms with van der Waals surface area (Å²) in [6.45, 7) is 4.37. The lowest BCUT2D eigenvalue weighted by atomic mass is 10.2. The summed E-state index contributed by atoms with van der Waals surface area (Å²) in [6.07, 6.45) is 0. The molecule has 1 heterocycles. The molecule has 2 aromatic rings. The fraction of sp³-hybridized carbons (Fsp3) is 0.381. The van der Waals surface area contributed by atoms with Gasteiger partial charge in [0.15, 0.2) is 6.54 Å². The van der Waals surface area contributed by atoms with E-state index in [9.17, 15) is 14.9 Å². The largest absolute Gasteiger partial charge is 0.497 e. The van der Waals surface area contributed by atoms with Crippen molar-refractivity contribution in [2.24, 2.45) is 0 Å². The molecule has 0 unspecified atom stereocenters. The smallest absolute Gasteiger partial charge is 0.277 e. The van der Waals surface area contributed by atoms with Crippen molar-refractivity contribution in [1.29, 1.82) is 0 Å². The Hall–Kier alpha value is -3.13. The van der Waals surface area contributed by atoms with Gasteiger partial charge in [0.2, 0.25) is 0 Å². The Morgan fingerprint density at radius 1 is 1.21 bits per heavy atom. The number of amides is 1. The summed E-state index contributed by atoms with van der Waals surface area (Å²) in [5.74, 6) is 0.906. The van der Waals surface area contributed by atoms with Crippen LogP contribution in [-0.4, -0.2) is 62.6 Å². The lowest BCUT2D eigenvalue weighted by molar-refractivity contribution is -0.892. The minimum atomic E-state index is -0.389. The zero-order chi connectivity index (χ0) is 20.8. The van der Waals surface area contributed by atoms with Crippen LogP contribution in [0.4, 0.5) is 11.4 Å². The van der Waals surface area contributed by atoms with Gasteiger partial charge in [-0.1, -0.05) is 12.1 Å². The van der Waals surface area contributed by atoms with Crippen LogP contribution in [0.3, 0.4) is 0 Å². The number of nitro benzene ring substituents is 1. The lowest BCUT2D eigenvalue weighted by Gasteiger charge is -2.34. The Bertz CT molecular complexity index is 848. The fourth-order valence-electron chi connectivity index (χ4n) is 3.52. The van der Waals surface area contributed by atoms with Gasteiger partial charge in [-0.25, -0.2) is 0 Å². The predicted molar refractivity (Wildman–Crippen MR) is 110 cm³/mol. The van der Waals surface area contributed by atoms with Gasteiger partial charge >= 0.3 is 0 Å². The molecule has 0 aromatic heterocycles. The molecule has 0 spiro atoms. The number of carbonyl (C=O) groups is 1. The molecule has 1 N–H and O–H groups in total. The number of anilines is 1. The van der Waals surface area contributed by atoms with Gasteiger partial charge in [0.1, 0.15) is 5.75 Å². The molecule has 0 saturated carbocycles. The molecule has 0 bridgehead atoms. The van der Waals surface area contributed by atoms with E-state index in [2.05, 4.69) is 4.90 Å². The highest BCUT2D eigenvalue weighted by Crippen LogP contribution is 2.19. The van der Waals surface area contributed by atoms with E-state index in [0.717, 1.165) is 43.2 Å². The van der Waals surface area contributed by atoms with E-state index >= 15 is 0 Å². The highest BCUT2D eigenvalue weighted by atomic mass is 16.6. The van der Waals surface area contributed by atoms with Crippen LogP contribution in [0, 0.1) is 10.1 Å². The van der Waals surface area contributed by atoms with Gasteiger partial charge in [0.25, 0.3) is 11.6 Å². The normalized spacial score (nSPS) is 14.5. The Morgan fingerprint density at radius 2 is 1.90 bits per heavy atom. The standard InChI is InChI=1S/C21H26N4O4/c1-22(15-17-4-3-5-20(14-17)29-2)21(26)16-23-10-12-24(13-11-23)18-6-8-19(9-7-18)25(27)28/h3-9,14H,10-13,15-16H2,1-2H3/p+1. The van der Waals surface area contributed by atoms with Crippen LogP contribution < -0.4 is 14.5 Å². The quantitative estimate of drug-likeness (QED) is 0.554. The third kappa shape index (κ3) is 5.45. The number of nitro groups is 1. The van der Waals surface area contributed by atoms with E-state index in [1.807, 2.05) is 31.3 Å². The average molecular weight is 399 g/mol. The van der Waals surface area contributed by atoms with Crippen molar-refractivity contribution in [3.63, 3.8) is 0 Å². The number of likely N-dealkylation sites (N-methyl/N-ethyl adjacent to an activating group) is 1. The maximum Gasteiger partial charge on any atom is 0.277 e. The summed E-state index contributed by atoms with van der Waals surface area (Å²) >= 11 is 0. The first-order valence-corrected chi connectivity index (χ1v) is 9.66. The van der Waals surface area contributed by atoms with Gasteiger partial charge < -0.3 is 19.4 Å². The molecule has 3 rings (SSSR count). The highest BCUT2D eigenvalue weighted by Gasteiger charge is 2.24. The first kappa shape index (κ1) is 20.6. The second-order valence-electron chi connectivity index (χ2n) is 7.29. The molecule has 1 fully saturated rings. The van der Waals surface area contributed by atoms with E-state index < -0.39 is 0 Å². The van der Waals surface area contributed by atoms with Crippen LogP contribution in [-0.2, 0) is 11.3 Å². The van der Waals surface area contributed by atoms with Crippen molar-refractivity contribution in [3.8, 4) is 5.75 Å². The van der Waals surface area contributed by atoms with Crippen LogP contribution in [0.15, 0.2) is 48.5 Å². The van der Waals surface area contributed by atoms with Crippen molar-refractivity contribution in [2.45, 2.75) is 6.54 Å². The molecular weight excluding hydrogens is 372 g/mol. The van der Waals surface area contributed by atoms with Crippen LogP contribution in [0.25, 0.3) is 0 Å². The van der Waals surface area contributed by atoms with Gasteiger partial charge in [-0.05, 0) is 29.8 Å². The average Bonchev–Trinajstić information content (AvgIpc) is 2.74. The van der Waals surface area contributed by atoms with E-state index in [4.69, 9.17) is 4.74 Å². The Morgan fingerprint density at radius 3 is 2.52 bits per heavy atom. The predicted octanol–water partition coefficient (Wildman–Crippen LogP) is 0.967. The number of hydrogen-bond donors (Lipinski definition) is 1. The third-order valence-corrected chi connectivity index (χ3v) is 5.28. The number of benzene rings is 2. The van der Waals surface area contributed by atoms with E-state index in [0.29, 0.717) is 13.1 Å². The number of non-ortho nitro benzene ring substituents is 1. The van der Waals surface area contributed by atoms with Crippen molar-refractivity contribution >= 4 is 17.3 Å². The Kier molecular flexibility index (Phi) is 6.66. The summed E-state index contributed by atoms with van der Waals surface area (Å²) in [6, 6.07) is 14.4. The van der Waals surface area contributed by atoms with Crippen molar-refractivity contribution < 1.29 is 19.4 Å². The maximum absolute atomic E-state index is 12.6. The highest BCUT2D eigenvalue weighted by molar-refractivity contribution is 5.76. The van der Waals surface area contributed by atoms with Gasteiger partial charge in [-0.2, -0.15) is 0 Å². The minimum absolute atomic E-state index is 0.0997. The second kappa shape index (κ2) is 9.38. The van der Waals surface area contributed by atoms with Crippen LogP contribution in [0.1, 0.15) is 5.56 Å². The van der Waals surface area contributed by atoms with Crippen molar-refractivity contribution in [2.75, 3.05) is 51.8 Å². The number of carbonyl (C=O) groups excluding carboxylic acids is 1. The zero-order valence-electron chi connectivity index (χ0n) is 16.8. The van der Waals surface area contributed by atoms with Gasteiger partial charge in [-0.15, -0.1) is 0 Å². The molecule has 154 valence electrons. The molecule has 0 radical (unpaired) electrons. The van der Waals surface area contributed by atoms with Crippen molar-refractivity contribution in [1.82, 2.24) is 4.90 Å². The first-order chi connectivity index (χ1) is 14.0. The SMILES string of the molecule is COc1cccc(CN(C)C(=O)C[NH+]2CCN(c3ccc([N+](=O)[O-])cc3)CC2)c1. The Labute approximate surface area is 170 Å². The number of quaternary nitrogens is 1. The fourth-order valence-corrected chi connectivity index (χ4v) is 3.52. The zero-order valence-corrected chi connectivity index (χ0v) is 16.8. The molecule has 1 aliphatic heterocycles. The van der Waals surface area contributed by atoms with Crippen LogP contribution in [0.2, 0.25) is 0 Å². The van der Waals surface area contributed by atoms with Crippen molar-refractivity contribution in [3.05, 3.63) is 64.2 Å². The number of hydrogen-bond acceptors (Lipinski definition) is 5. The second-order valence-corrected chi connectivity index (χ2v) is 7.29. The molecule has 1 aliphatic rings. The molecule has 8 nitrogen and oxygen atoms in total. The number of methoxy groups -OCH3 is 1. The molecule has 2 aromatic carbocycles. The number of nitrogens with one attached hydrogen (secondary N) is 1. The first-order valence-electron chi connectivity index (χ1n) is 9.66. The maximum atomic E-state index is 12.6.